The van der Waals surface area contributed by atoms with E-state index in [0.29, 0.717) is 25.4 Å². The topological polar surface area (TPSA) is 76.5 Å². The fourth-order valence-corrected chi connectivity index (χ4v) is 2.84. The Morgan fingerprint density at radius 3 is 2.81 bits per heavy atom. The van der Waals surface area contributed by atoms with Gasteiger partial charge >= 0.3 is 0 Å². The summed E-state index contributed by atoms with van der Waals surface area (Å²) in [6, 6.07) is 10.6. The number of aryl methyl sites for hydroxylation is 1. The van der Waals surface area contributed by atoms with Crippen molar-refractivity contribution in [2.45, 2.75) is 26.3 Å². The van der Waals surface area contributed by atoms with Crippen molar-refractivity contribution in [3.05, 3.63) is 52.4 Å². The lowest BCUT2D eigenvalue weighted by Gasteiger charge is -2.29. The molecule has 0 spiro atoms. The molecule has 1 fully saturated rings. The highest BCUT2D eigenvalue weighted by molar-refractivity contribution is 6.02. The second-order valence-electron chi connectivity index (χ2n) is 6.24. The third-order valence-corrected chi connectivity index (χ3v) is 4.30. The zero-order valence-corrected chi connectivity index (χ0v) is 15.0. The van der Waals surface area contributed by atoms with E-state index in [-0.39, 0.29) is 17.2 Å². The molecule has 1 aromatic carbocycles. The first-order valence-electron chi connectivity index (χ1n) is 8.99. The van der Waals surface area contributed by atoms with Crippen molar-refractivity contribution < 1.29 is 9.53 Å². The van der Waals surface area contributed by atoms with E-state index >= 15 is 0 Å². The van der Waals surface area contributed by atoms with E-state index in [1.165, 1.54) is 16.8 Å². The van der Waals surface area contributed by atoms with Crippen LogP contribution in [0.15, 0.2) is 41.2 Å². The number of hydrogen-bond donors (Lipinski definition) is 1. The van der Waals surface area contributed by atoms with Gasteiger partial charge in [0.15, 0.2) is 0 Å². The van der Waals surface area contributed by atoms with Gasteiger partial charge in [-0.15, -0.1) is 0 Å². The van der Waals surface area contributed by atoms with E-state index in [2.05, 4.69) is 15.3 Å². The summed E-state index contributed by atoms with van der Waals surface area (Å²) in [7, 11) is 0. The fraction of sp³-hybridized carbons (Fsp3) is 0.421. The first kappa shape index (κ1) is 18.1. The minimum Gasteiger partial charge on any atom is -0.378 e. The Hall–Kier alpha value is -2.67. The summed E-state index contributed by atoms with van der Waals surface area (Å²) >= 11 is 0. The minimum absolute atomic E-state index is 0.190. The van der Waals surface area contributed by atoms with Gasteiger partial charge in [-0.1, -0.05) is 19.4 Å². The second-order valence-corrected chi connectivity index (χ2v) is 6.24. The summed E-state index contributed by atoms with van der Waals surface area (Å²) in [4.78, 5) is 26.6. The molecule has 2 aromatic rings. The standard InChI is InChI=1S/C19H24N4O3/c1-2-3-9-23-18(24)8-7-17(21-23)19(25)20-15-5-4-6-16(14-15)22-10-12-26-13-11-22/h4-8,14H,2-3,9-13H2,1H3,(H,20,25). The Kier molecular flexibility index (Phi) is 6.01. The van der Waals surface area contributed by atoms with Gasteiger partial charge in [-0.3, -0.25) is 9.59 Å². The lowest BCUT2D eigenvalue weighted by Crippen LogP contribution is -2.36. The highest BCUT2D eigenvalue weighted by Crippen LogP contribution is 2.20. The molecule has 0 saturated carbocycles. The molecule has 26 heavy (non-hydrogen) atoms. The van der Waals surface area contributed by atoms with Crippen LogP contribution in [0.4, 0.5) is 11.4 Å². The largest absolute Gasteiger partial charge is 0.378 e. The first-order chi connectivity index (χ1) is 12.7. The van der Waals surface area contributed by atoms with Gasteiger partial charge in [0.1, 0.15) is 5.69 Å². The lowest BCUT2D eigenvalue weighted by molar-refractivity contribution is 0.101. The van der Waals surface area contributed by atoms with Gasteiger partial charge in [-0.25, -0.2) is 4.68 Å². The van der Waals surface area contributed by atoms with Gasteiger partial charge in [0, 0.05) is 37.1 Å². The average molecular weight is 356 g/mol. The molecule has 1 N–H and O–H groups in total. The molecule has 1 aliphatic rings. The molecule has 0 radical (unpaired) electrons. The smallest absolute Gasteiger partial charge is 0.276 e. The van der Waals surface area contributed by atoms with Crippen molar-refractivity contribution in [2.24, 2.45) is 0 Å². The number of nitrogens with one attached hydrogen (secondary N) is 1. The van der Waals surface area contributed by atoms with Crippen molar-refractivity contribution in [3.63, 3.8) is 0 Å². The first-order valence-corrected chi connectivity index (χ1v) is 8.99. The number of nitrogens with zero attached hydrogens (tertiary/aromatic N) is 3. The van der Waals surface area contributed by atoms with Gasteiger partial charge in [0.25, 0.3) is 11.5 Å². The minimum atomic E-state index is -0.325. The van der Waals surface area contributed by atoms with Gasteiger partial charge in [-0.2, -0.15) is 5.10 Å². The van der Waals surface area contributed by atoms with Crippen LogP contribution in [0.5, 0.6) is 0 Å². The number of aromatic nitrogens is 2. The zero-order valence-electron chi connectivity index (χ0n) is 15.0. The summed E-state index contributed by atoms with van der Waals surface area (Å²) < 4.78 is 6.72. The van der Waals surface area contributed by atoms with Crippen LogP contribution in [0.25, 0.3) is 0 Å². The van der Waals surface area contributed by atoms with Crippen molar-refractivity contribution in [3.8, 4) is 0 Å². The van der Waals surface area contributed by atoms with Gasteiger partial charge in [0.2, 0.25) is 0 Å². The SMILES string of the molecule is CCCCn1nc(C(=O)Nc2cccc(N3CCOCC3)c2)ccc1=O. The quantitative estimate of drug-likeness (QED) is 0.858. The van der Waals surface area contributed by atoms with Crippen molar-refractivity contribution in [1.29, 1.82) is 0 Å². The number of carbonyl (C=O) groups is 1. The molecule has 0 atom stereocenters. The van der Waals surface area contributed by atoms with Crippen LogP contribution in [0.2, 0.25) is 0 Å². The summed E-state index contributed by atoms with van der Waals surface area (Å²) in [6.07, 6.45) is 1.80. The predicted molar refractivity (Wildman–Crippen MR) is 101 cm³/mol. The van der Waals surface area contributed by atoms with Gasteiger partial charge in [-0.05, 0) is 30.7 Å². The number of hydrogen-bond acceptors (Lipinski definition) is 5. The van der Waals surface area contributed by atoms with Crippen LogP contribution < -0.4 is 15.8 Å². The Labute approximate surface area is 152 Å². The van der Waals surface area contributed by atoms with Crippen LogP contribution in [0.1, 0.15) is 30.3 Å². The maximum absolute atomic E-state index is 12.5. The third-order valence-electron chi connectivity index (χ3n) is 4.30. The summed E-state index contributed by atoms with van der Waals surface area (Å²) in [6.45, 7) is 5.65. The van der Waals surface area contributed by atoms with Crippen LogP contribution in [0, 0.1) is 0 Å². The maximum Gasteiger partial charge on any atom is 0.276 e. The normalized spacial score (nSPS) is 14.3. The maximum atomic E-state index is 12.5. The number of benzene rings is 1. The number of ether oxygens (including phenoxy) is 1. The molecule has 0 aliphatic carbocycles. The molecule has 1 saturated heterocycles. The van der Waals surface area contributed by atoms with E-state index in [9.17, 15) is 9.59 Å². The third kappa shape index (κ3) is 4.49. The molecule has 3 rings (SSSR count). The average Bonchev–Trinajstić information content (AvgIpc) is 2.68. The van der Waals surface area contributed by atoms with E-state index < -0.39 is 0 Å². The predicted octanol–water partition coefficient (Wildman–Crippen LogP) is 2.13. The lowest BCUT2D eigenvalue weighted by atomic mass is 10.2. The molecule has 0 unspecified atom stereocenters. The molecule has 2 heterocycles. The Morgan fingerprint density at radius 1 is 1.23 bits per heavy atom. The van der Waals surface area contributed by atoms with Gasteiger partial charge in [0.05, 0.1) is 13.2 Å². The molecule has 1 aliphatic heterocycles. The Bertz CT molecular complexity index is 812. The molecule has 1 amide bonds. The van der Waals surface area contributed by atoms with E-state index in [1.54, 1.807) is 0 Å². The van der Waals surface area contributed by atoms with Crippen molar-refractivity contribution in [1.82, 2.24) is 9.78 Å². The summed E-state index contributed by atoms with van der Waals surface area (Å²) in [5.41, 5.74) is 1.79. The number of morpholine rings is 1. The molecular formula is C19H24N4O3. The molecule has 138 valence electrons. The van der Waals surface area contributed by atoms with Crippen LogP contribution >= 0.6 is 0 Å². The molecular weight excluding hydrogens is 332 g/mol. The van der Waals surface area contributed by atoms with Crippen molar-refractivity contribution >= 4 is 17.3 Å². The van der Waals surface area contributed by atoms with Crippen molar-refractivity contribution in [2.75, 3.05) is 36.5 Å². The molecule has 1 aromatic heterocycles. The van der Waals surface area contributed by atoms with Gasteiger partial charge < -0.3 is 15.0 Å². The highest BCUT2D eigenvalue weighted by Gasteiger charge is 2.13. The Morgan fingerprint density at radius 2 is 2.04 bits per heavy atom. The number of unbranched alkanes of at least 4 members (excludes halogenated alkanes) is 1. The zero-order chi connectivity index (χ0) is 18.4. The van der Waals surface area contributed by atoms with E-state index in [0.717, 1.165) is 31.6 Å². The molecule has 7 nitrogen and oxygen atoms in total. The summed E-state index contributed by atoms with van der Waals surface area (Å²) in [5.74, 6) is -0.325. The molecule has 7 heteroatoms. The van der Waals surface area contributed by atoms with E-state index in [4.69, 9.17) is 4.74 Å². The highest BCUT2D eigenvalue weighted by atomic mass is 16.5. The fourth-order valence-electron chi connectivity index (χ4n) is 2.84. The summed E-state index contributed by atoms with van der Waals surface area (Å²) in [5, 5.41) is 7.05. The van der Waals surface area contributed by atoms with Crippen LogP contribution in [-0.4, -0.2) is 42.0 Å². The van der Waals surface area contributed by atoms with Crippen LogP contribution in [-0.2, 0) is 11.3 Å². The second kappa shape index (κ2) is 8.62. The van der Waals surface area contributed by atoms with Crippen LogP contribution in [0.3, 0.4) is 0 Å². The number of anilines is 2. The Balaban J connectivity index is 1.72. The van der Waals surface area contributed by atoms with E-state index in [1.807, 2.05) is 31.2 Å². The number of carbonyl (C=O) groups excluding carboxylic acids is 1. The number of amides is 1. The number of rotatable bonds is 6. The monoisotopic (exact) mass is 356 g/mol. The molecule has 0 bridgehead atoms.